The van der Waals surface area contributed by atoms with Crippen LogP contribution in [0, 0.1) is 13.8 Å². The number of aryl methyl sites for hydroxylation is 2. The first kappa shape index (κ1) is 15.1. The molecule has 21 heavy (non-hydrogen) atoms. The molecule has 1 atom stereocenters. The monoisotopic (exact) mass is 284 g/mol. The standard InChI is InChI=1S/C18H20O3/c1-12-4-6-14(7-5-12)11-16(18(19)20)15-8-9-17(21-3)13(2)10-15/h4-10,16H,11H2,1-3H3,(H,19,20). The van der Waals surface area contributed by atoms with E-state index in [9.17, 15) is 9.90 Å². The van der Waals surface area contributed by atoms with Crippen LogP contribution >= 0.6 is 0 Å². The number of carboxylic acids is 1. The number of ether oxygens (including phenoxy) is 1. The predicted octanol–water partition coefficient (Wildman–Crippen LogP) is 3.72. The molecule has 0 aromatic heterocycles. The molecule has 0 spiro atoms. The van der Waals surface area contributed by atoms with E-state index in [1.165, 1.54) is 5.56 Å². The summed E-state index contributed by atoms with van der Waals surface area (Å²) >= 11 is 0. The topological polar surface area (TPSA) is 46.5 Å². The molecule has 2 aromatic rings. The van der Waals surface area contributed by atoms with E-state index in [2.05, 4.69) is 0 Å². The molecule has 0 fully saturated rings. The number of methoxy groups -OCH3 is 1. The molecule has 0 aliphatic rings. The van der Waals surface area contributed by atoms with Gasteiger partial charge in [-0.05, 0) is 43.0 Å². The first-order chi connectivity index (χ1) is 10.0. The number of hydrogen-bond acceptors (Lipinski definition) is 2. The lowest BCUT2D eigenvalue weighted by molar-refractivity contribution is -0.138. The summed E-state index contributed by atoms with van der Waals surface area (Å²) in [5.41, 5.74) is 3.96. The molecule has 0 saturated heterocycles. The van der Waals surface area contributed by atoms with Gasteiger partial charge in [-0.1, -0.05) is 42.0 Å². The summed E-state index contributed by atoms with van der Waals surface area (Å²) in [4.78, 5) is 11.6. The molecule has 3 heteroatoms. The highest BCUT2D eigenvalue weighted by atomic mass is 16.5. The molecule has 0 saturated carbocycles. The molecule has 0 amide bonds. The van der Waals surface area contributed by atoms with E-state index in [0.29, 0.717) is 6.42 Å². The van der Waals surface area contributed by atoms with Gasteiger partial charge in [0.2, 0.25) is 0 Å². The van der Waals surface area contributed by atoms with Crippen LogP contribution in [0.4, 0.5) is 0 Å². The van der Waals surface area contributed by atoms with Gasteiger partial charge in [-0.15, -0.1) is 0 Å². The van der Waals surface area contributed by atoms with Crippen molar-refractivity contribution in [2.45, 2.75) is 26.2 Å². The zero-order valence-corrected chi connectivity index (χ0v) is 12.6. The van der Waals surface area contributed by atoms with Gasteiger partial charge in [0.1, 0.15) is 5.75 Å². The maximum atomic E-state index is 11.6. The van der Waals surface area contributed by atoms with E-state index in [1.807, 2.05) is 56.3 Å². The Morgan fingerprint density at radius 1 is 1.14 bits per heavy atom. The molecule has 0 heterocycles. The second-order valence-corrected chi connectivity index (χ2v) is 5.31. The van der Waals surface area contributed by atoms with Gasteiger partial charge in [-0.2, -0.15) is 0 Å². The Morgan fingerprint density at radius 3 is 2.33 bits per heavy atom. The third-order valence-corrected chi connectivity index (χ3v) is 3.68. The highest BCUT2D eigenvalue weighted by molar-refractivity contribution is 5.76. The quantitative estimate of drug-likeness (QED) is 0.910. The molecule has 1 N–H and O–H groups in total. The molecule has 1 unspecified atom stereocenters. The van der Waals surface area contributed by atoms with Crippen molar-refractivity contribution in [1.29, 1.82) is 0 Å². The van der Waals surface area contributed by atoms with Crippen molar-refractivity contribution >= 4 is 5.97 Å². The fourth-order valence-electron chi connectivity index (χ4n) is 2.43. The van der Waals surface area contributed by atoms with Gasteiger partial charge in [-0.25, -0.2) is 0 Å². The van der Waals surface area contributed by atoms with Crippen LogP contribution in [0.1, 0.15) is 28.2 Å². The van der Waals surface area contributed by atoms with E-state index >= 15 is 0 Å². The Bertz CT molecular complexity index is 629. The van der Waals surface area contributed by atoms with Crippen molar-refractivity contribution in [3.63, 3.8) is 0 Å². The van der Waals surface area contributed by atoms with E-state index in [-0.39, 0.29) is 0 Å². The van der Waals surface area contributed by atoms with Crippen molar-refractivity contribution < 1.29 is 14.6 Å². The number of carbonyl (C=O) groups is 1. The number of hydrogen-bond donors (Lipinski definition) is 1. The average Bonchev–Trinajstić information content (AvgIpc) is 2.46. The molecule has 3 nitrogen and oxygen atoms in total. The SMILES string of the molecule is COc1ccc(C(Cc2ccc(C)cc2)C(=O)O)cc1C. The summed E-state index contributed by atoms with van der Waals surface area (Å²) in [6.07, 6.45) is 0.487. The highest BCUT2D eigenvalue weighted by Crippen LogP contribution is 2.26. The van der Waals surface area contributed by atoms with E-state index < -0.39 is 11.9 Å². The lowest BCUT2D eigenvalue weighted by Gasteiger charge is -2.15. The molecule has 2 rings (SSSR count). The van der Waals surface area contributed by atoms with Gasteiger partial charge in [0.15, 0.2) is 0 Å². The van der Waals surface area contributed by atoms with Crippen molar-refractivity contribution in [3.8, 4) is 5.75 Å². The summed E-state index contributed by atoms with van der Waals surface area (Å²) in [7, 11) is 1.61. The highest BCUT2D eigenvalue weighted by Gasteiger charge is 2.21. The predicted molar refractivity (Wildman–Crippen MR) is 83.0 cm³/mol. The van der Waals surface area contributed by atoms with Crippen LogP contribution < -0.4 is 4.74 Å². The molecule has 0 aliphatic heterocycles. The van der Waals surface area contributed by atoms with Crippen molar-refractivity contribution in [2.24, 2.45) is 0 Å². The van der Waals surface area contributed by atoms with Gasteiger partial charge in [-0.3, -0.25) is 4.79 Å². The lowest BCUT2D eigenvalue weighted by Crippen LogP contribution is -2.14. The van der Waals surface area contributed by atoms with Crippen molar-refractivity contribution in [3.05, 3.63) is 64.7 Å². The van der Waals surface area contributed by atoms with Crippen LogP contribution in [0.2, 0.25) is 0 Å². The van der Waals surface area contributed by atoms with Gasteiger partial charge in [0.25, 0.3) is 0 Å². The van der Waals surface area contributed by atoms with Crippen LogP contribution in [-0.4, -0.2) is 18.2 Å². The van der Waals surface area contributed by atoms with Gasteiger partial charge in [0.05, 0.1) is 13.0 Å². The Balaban J connectivity index is 2.28. The number of rotatable bonds is 5. The smallest absolute Gasteiger partial charge is 0.311 e. The maximum Gasteiger partial charge on any atom is 0.311 e. The van der Waals surface area contributed by atoms with Crippen molar-refractivity contribution in [1.82, 2.24) is 0 Å². The minimum Gasteiger partial charge on any atom is -0.496 e. The Kier molecular flexibility index (Phi) is 4.63. The first-order valence-electron chi connectivity index (χ1n) is 6.94. The maximum absolute atomic E-state index is 11.6. The molecule has 0 radical (unpaired) electrons. The van der Waals surface area contributed by atoms with Gasteiger partial charge >= 0.3 is 5.97 Å². The number of aliphatic carboxylic acids is 1. The van der Waals surface area contributed by atoms with Crippen LogP contribution in [-0.2, 0) is 11.2 Å². The molecule has 110 valence electrons. The van der Waals surface area contributed by atoms with E-state index in [4.69, 9.17) is 4.74 Å². The van der Waals surface area contributed by atoms with Gasteiger partial charge < -0.3 is 9.84 Å². The summed E-state index contributed by atoms with van der Waals surface area (Å²) in [6.45, 7) is 3.94. The normalized spacial score (nSPS) is 12.0. The number of carboxylic acid groups (broad SMARTS) is 1. The second-order valence-electron chi connectivity index (χ2n) is 5.31. The fraction of sp³-hybridized carbons (Fsp3) is 0.278. The summed E-state index contributed by atoms with van der Waals surface area (Å²) < 4.78 is 5.22. The van der Waals surface area contributed by atoms with Crippen molar-refractivity contribution in [2.75, 3.05) is 7.11 Å². The molecular formula is C18H20O3. The summed E-state index contributed by atoms with van der Waals surface area (Å²) in [6, 6.07) is 13.5. The summed E-state index contributed by atoms with van der Waals surface area (Å²) in [5, 5.41) is 9.53. The summed E-state index contributed by atoms with van der Waals surface area (Å²) in [5.74, 6) is -0.573. The lowest BCUT2D eigenvalue weighted by atomic mass is 9.91. The average molecular weight is 284 g/mol. The molecule has 0 aliphatic carbocycles. The van der Waals surface area contributed by atoms with Crippen LogP contribution in [0.3, 0.4) is 0 Å². The minimum absolute atomic E-state index is 0.487. The Hall–Kier alpha value is -2.29. The van der Waals surface area contributed by atoms with E-state index in [1.54, 1.807) is 7.11 Å². The third kappa shape index (κ3) is 3.63. The molecule has 0 bridgehead atoms. The molecule has 2 aromatic carbocycles. The largest absolute Gasteiger partial charge is 0.496 e. The van der Waals surface area contributed by atoms with E-state index in [0.717, 1.165) is 22.4 Å². The Labute approximate surface area is 125 Å². The van der Waals surface area contributed by atoms with Crippen LogP contribution in [0.5, 0.6) is 5.75 Å². The first-order valence-corrected chi connectivity index (χ1v) is 6.94. The van der Waals surface area contributed by atoms with Crippen LogP contribution in [0.25, 0.3) is 0 Å². The van der Waals surface area contributed by atoms with Gasteiger partial charge in [0, 0.05) is 0 Å². The molecular weight excluding hydrogens is 264 g/mol. The fourth-order valence-corrected chi connectivity index (χ4v) is 2.43. The number of benzene rings is 2. The second kappa shape index (κ2) is 6.44. The zero-order valence-electron chi connectivity index (χ0n) is 12.6. The van der Waals surface area contributed by atoms with Crippen LogP contribution in [0.15, 0.2) is 42.5 Å². The minimum atomic E-state index is -0.805. The zero-order chi connectivity index (χ0) is 15.4. The third-order valence-electron chi connectivity index (χ3n) is 3.68. The Morgan fingerprint density at radius 2 is 1.81 bits per heavy atom.